The van der Waals surface area contributed by atoms with Crippen LogP contribution in [0.25, 0.3) is 0 Å². The van der Waals surface area contributed by atoms with Crippen LogP contribution in [-0.2, 0) is 9.59 Å². The van der Waals surface area contributed by atoms with Crippen LogP contribution in [0.1, 0.15) is 13.3 Å². The van der Waals surface area contributed by atoms with Crippen molar-refractivity contribution in [3.05, 3.63) is 0 Å². The minimum atomic E-state index is -0.658. The molecule has 0 spiro atoms. The van der Waals surface area contributed by atoms with Gasteiger partial charge in [-0.2, -0.15) is 15.0 Å². The van der Waals surface area contributed by atoms with E-state index >= 15 is 0 Å². The summed E-state index contributed by atoms with van der Waals surface area (Å²) in [6.45, 7) is 2.54. The quantitative estimate of drug-likeness (QED) is 0.693. The maximum atomic E-state index is 11.8. The van der Waals surface area contributed by atoms with Gasteiger partial charge in [0.05, 0.1) is 13.5 Å². The Labute approximate surface area is 115 Å². The SMILES string of the molecule is CCNc1nc(NC2CC(=O)N(C)C2=O)nc(OC)n1. The molecule has 1 aliphatic rings. The molecular formula is C11H16N6O3. The number of carbonyl (C=O) groups excluding carboxylic acids is 2. The van der Waals surface area contributed by atoms with Gasteiger partial charge < -0.3 is 15.4 Å². The Bertz CT molecular complexity index is 535. The minimum absolute atomic E-state index is 0.0832. The van der Waals surface area contributed by atoms with E-state index in [0.29, 0.717) is 12.5 Å². The number of carbonyl (C=O) groups is 2. The number of aromatic nitrogens is 3. The predicted molar refractivity (Wildman–Crippen MR) is 70.3 cm³/mol. The van der Waals surface area contributed by atoms with Crippen LogP contribution in [0.15, 0.2) is 0 Å². The lowest BCUT2D eigenvalue weighted by atomic mass is 10.2. The number of amides is 2. The van der Waals surface area contributed by atoms with Gasteiger partial charge in [-0.05, 0) is 6.92 Å². The highest BCUT2D eigenvalue weighted by molar-refractivity contribution is 6.06. The van der Waals surface area contributed by atoms with E-state index in [-0.39, 0.29) is 30.2 Å². The maximum absolute atomic E-state index is 11.8. The molecule has 20 heavy (non-hydrogen) atoms. The summed E-state index contributed by atoms with van der Waals surface area (Å²) in [5.74, 6) is -0.0129. The standard InChI is InChI=1S/C11H16N6O3/c1-4-12-9-14-10(16-11(15-9)20-3)13-6-5-7(18)17(2)8(6)19/h6H,4-5H2,1-3H3,(H2,12,13,14,15,16). The van der Waals surface area contributed by atoms with E-state index in [0.717, 1.165) is 4.90 Å². The Balaban J connectivity index is 2.18. The summed E-state index contributed by atoms with van der Waals surface area (Å²) in [7, 11) is 2.89. The average molecular weight is 280 g/mol. The number of rotatable bonds is 5. The number of methoxy groups -OCH3 is 1. The molecule has 2 heterocycles. The summed E-state index contributed by atoms with van der Waals surface area (Å²) in [6.07, 6.45) is 0.0832. The fraction of sp³-hybridized carbons (Fsp3) is 0.545. The molecule has 1 fully saturated rings. The van der Waals surface area contributed by atoms with Crippen LogP contribution in [0.4, 0.5) is 11.9 Å². The summed E-state index contributed by atoms with van der Waals surface area (Å²) in [6, 6.07) is -0.530. The van der Waals surface area contributed by atoms with Crippen molar-refractivity contribution in [1.82, 2.24) is 19.9 Å². The molecule has 0 aromatic carbocycles. The number of hydrogen-bond acceptors (Lipinski definition) is 8. The van der Waals surface area contributed by atoms with Crippen molar-refractivity contribution >= 4 is 23.7 Å². The molecule has 108 valence electrons. The largest absolute Gasteiger partial charge is 0.467 e. The summed E-state index contributed by atoms with van der Waals surface area (Å²) in [5.41, 5.74) is 0. The first-order valence-electron chi connectivity index (χ1n) is 6.16. The highest BCUT2D eigenvalue weighted by Gasteiger charge is 2.36. The van der Waals surface area contributed by atoms with Crippen LogP contribution >= 0.6 is 0 Å². The van der Waals surface area contributed by atoms with E-state index in [2.05, 4.69) is 25.6 Å². The second-order valence-electron chi connectivity index (χ2n) is 4.19. The lowest BCUT2D eigenvalue weighted by Gasteiger charge is -2.12. The number of likely N-dealkylation sites (N-methyl/N-ethyl adjacent to an activating group) is 1. The second-order valence-corrected chi connectivity index (χ2v) is 4.19. The van der Waals surface area contributed by atoms with Crippen LogP contribution in [0.3, 0.4) is 0 Å². The molecule has 0 bridgehead atoms. The van der Waals surface area contributed by atoms with Gasteiger partial charge in [0, 0.05) is 13.6 Å². The molecule has 1 aromatic rings. The molecular weight excluding hydrogens is 264 g/mol. The zero-order valence-corrected chi connectivity index (χ0v) is 11.5. The summed E-state index contributed by atoms with van der Waals surface area (Å²) in [4.78, 5) is 36.5. The van der Waals surface area contributed by atoms with Crippen LogP contribution in [0.5, 0.6) is 6.01 Å². The lowest BCUT2D eigenvalue weighted by Crippen LogP contribution is -2.32. The molecule has 1 aliphatic heterocycles. The monoisotopic (exact) mass is 280 g/mol. The Kier molecular flexibility index (Phi) is 3.97. The third-order valence-corrected chi connectivity index (χ3v) is 2.82. The zero-order valence-electron chi connectivity index (χ0n) is 11.5. The molecule has 2 amide bonds. The van der Waals surface area contributed by atoms with Gasteiger partial charge in [-0.3, -0.25) is 14.5 Å². The molecule has 1 atom stereocenters. The molecule has 9 nitrogen and oxygen atoms in total. The second kappa shape index (κ2) is 5.68. The van der Waals surface area contributed by atoms with E-state index in [4.69, 9.17) is 4.74 Å². The molecule has 2 N–H and O–H groups in total. The van der Waals surface area contributed by atoms with Gasteiger partial charge in [0.1, 0.15) is 6.04 Å². The molecule has 0 aliphatic carbocycles. The van der Waals surface area contributed by atoms with Gasteiger partial charge in [-0.15, -0.1) is 0 Å². The Morgan fingerprint density at radius 2 is 2.00 bits per heavy atom. The lowest BCUT2D eigenvalue weighted by molar-refractivity contribution is -0.136. The van der Waals surface area contributed by atoms with E-state index in [1.807, 2.05) is 6.92 Å². The summed E-state index contributed by atoms with van der Waals surface area (Å²) in [5, 5.41) is 5.76. The summed E-state index contributed by atoms with van der Waals surface area (Å²) < 4.78 is 4.97. The fourth-order valence-electron chi connectivity index (χ4n) is 1.77. The first kappa shape index (κ1) is 14.0. The minimum Gasteiger partial charge on any atom is -0.467 e. The van der Waals surface area contributed by atoms with E-state index in [9.17, 15) is 9.59 Å². The first-order chi connectivity index (χ1) is 9.55. The first-order valence-corrected chi connectivity index (χ1v) is 6.16. The van der Waals surface area contributed by atoms with Crippen LogP contribution in [-0.4, -0.2) is 58.4 Å². The molecule has 1 aromatic heterocycles. The molecule has 0 radical (unpaired) electrons. The van der Waals surface area contributed by atoms with Crippen molar-refractivity contribution in [2.45, 2.75) is 19.4 Å². The van der Waals surface area contributed by atoms with Crippen molar-refractivity contribution in [3.63, 3.8) is 0 Å². The van der Waals surface area contributed by atoms with Gasteiger partial charge in [-0.1, -0.05) is 0 Å². The fourth-order valence-corrected chi connectivity index (χ4v) is 1.77. The van der Waals surface area contributed by atoms with Crippen LogP contribution in [0.2, 0.25) is 0 Å². The van der Waals surface area contributed by atoms with Crippen LogP contribution < -0.4 is 15.4 Å². The molecule has 0 saturated carbocycles. The maximum Gasteiger partial charge on any atom is 0.322 e. The Hall–Kier alpha value is -2.45. The van der Waals surface area contributed by atoms with E-state index < -0.39 is 6.04 Å². The smallest absolute Gasteiger partial charge is 0.322 e. The highest BCUT2D eigenvalue weighted by Crippen LogP contribution is 2.17. The topological polar surface area (TPSA) is 109 Å². The number of ether oxygens (including phenoxy) is 1. The van der Waals surface area contributed by atoms with Crippen molar-refractivity contribution in [2.75, 3.05) is 31.3 Å². The number of nitrogens with zero attached hydrogens (tertiary/aromatic N) is 4. The number of anilines is 2. The van der Waals surface area contributed by atoms with E-state index in [1.54, 1.807) is 0 Å². The highest BCUT2D eigenvalue weighted by atomic mass is 16.5. The summed E-state index contributed by atoms with van der Waals surface area (Å²) >= 11 is 0. The number of nitrogens with one attached hydrogen (secondary N) is 2. The van der Waals surface area contributed by atoms with Gasteiger partial charge in [0.2, 0.25) is 17.8 Å². The zero-order chi connectivity index (χ0) is 14.7. The Morgan fingerprint density at radius 3 is 2.55 bits per heavy atom. The number of hydrogen-bond donors (Lipinski definition) is 2. The van der Waals surface area contributed by atoms with Gasteiger partial charge >= 0.3 is 6.01 Å². The third-order valence-electron chi connectivity index (χ3n) is 2.82. The molecule has 2 rings (SSSR count). The molecule has 1 unspecified atom stereocenters. The average Bonchev–Trinajstić information content (AvgIpc) is 2.66. The van der Waals surface area contributed by atoms with Crippen molar-refractivity contribution in [3.8, 4) is 6.01 Å². The number of imide groups is 1. The van der Waals surface area contributed by atoms with Crippen molar-refractivity contribution < 1.29 is 14.3 Å². The van der Waals surface area contributed by atoms with Gasteiger partial charge in [-0.25, -0.2) is 0 Å². The Morgan fingerprint density at radius 1 is 1.30 bits per heavy atom. The van der Waals surface area contributed by atoms with Crippen molar-refractivity contribution in [1.29, 1.82) is 0 Å². The van der Waals surface area contributed by atoms with Crippen LogP contribution in [0, 0.1) is 0 Å². The third kappa shape index (κ3) is 2.76. The predicted octanol–water partition coefficient (Wildman–Crippen LogP) is -0.519. The van der Waals surface area contributed by atoms with Crippen molar-refractivity contribution in [2.24, 2.45) is 0 Å². The van der Waals surface area contributed by atoms with Gasteiger partial charge in [0.25, 0.3) is 5.91 Å². The number of likely N-dealkylation sites (tertiary alicyclic amines) is 1. The molecule has 9 heteroatoms. The normalized spacial score (nSPS) is 18.4. The van der Waals surface area contributed by atoms with Gasteiger partial charge in [0.15, 0.2) is 0 Å². The molecule has 1 saturated heterocycles. The van der Waals surface area contributed by atoms with E-state index in [1.165, 1.54) is 14.2 Å².